The van der Waals surface area contributed by atoms with Gasteiger partial charge in [0.25, 0.3) is 17.7 Å². The van der Waals surface area contributed by atoms with Crippen molar-refractivity contribution in [2.75, 3.05) is 121 Å². The monoisotopic (exact) mass is 1340 g/mol. The van der Waals surface area contributed by atoms with Crippen molar-refractivity contribution in [3.8, 4) is 11.5 Å². The van der Waals surface area contributed by atoms with Crippen LogP contribution in [0.1, 0.15) is 31.1 Å². The summed E-state index contributed by atoms with van der Waals surface area (Å²) in [6.07, 6.45) is 4.38. The molecule has 2 fully saturated rings. The number of para-hydroxylation sites is 3. The minimum atomic E-state index is -2.97. The number of halogens is 1. The number of carbonyl (C=O) groups is 3. The van der Waals surface area contributed by atoms with Crippen LogP contribution in [-0.2, 0) is 19.7 Å². The number of pyridine rings is 3. The second-order valence-electron chi connectivity index (χ2n) is 20.1. The van der Waals surface area contributed by atoms with Crippen molar-refractivity contribution in [2.24, 2.45) is 0 Å². The Labute approximate surface area is 541 Å². The summed E-state index contributed by atoms with van der Waals surface area (Å²) in [5, 5.41) is 23.7. The van der Waals surface area contributed by atoms with Gasteiger partial charge in [0.2, 0.25) is 17.1 Å². The number of hydrogen-bond donors (Lipinski definition) is 8. The zero-order valence-electron chi connectivity index (χ0n) is 50.5. The largest absolute Gasteiger partial charge is 0.494 e. The normalized spacial score (nSPS) is 13.4. The van der Waals surface area contributed by atoms with E-state index in [1.807, 2.05) is 52.3 Å². The van der Waals surface area contributed by atoms with Gasteiger partial charge in [-0.15, -0.1) is 0 Å². The van der Waals surface area contributed by atoms with Crippen LogP contribution in [0.25, 0.3) is 14.5 Å². The van der Waals surface area contributed by atoms with Gasteiger partial charge < -0.3 is 61.8 Å². The van der Waals surface area contributed by atoms with Crippen molar-refractivity contribution in [1.29, 1.82) is 0 Å². The number of nitrogens with zero attached hydrogens (tertiary/aromatic N) is 8. The number of methoxy groups -OCH3 is 2. The number of hydrogen-bond acceptors (Lipinski definition) is 19. The second-order valence-corrected chi connectivity index (χ2v) is 25.5. The first-order chi connectivity index (χ1) is 44.3. The van der Waals surface area contributed by atoms with Gasteiger partial charge >= 0.3 is 0 Å². The Morgan fingerprint density at radius 3 is 1.10 bits per heavy atom. The molecule has 25 nitrogen and oxygen atoms in total. The van der Waals surface area contributed by atoms with Crippen LogP contribution in [0.4, 0.5) is 85.6 Å². The molecule has 0 atom stereocenters. The fraction of sp³-hybridized carbons (Fsp3) is 0.203. The maximum absolute atomic E-state index is 12.2. The van der Waals surface area contributed by atoms with Crippen LogP contribution in [-0.4, -0.2) is 134 Å². The van der Waals surface area contributed by atoms with Crippen molar-refractivity contribution in [1.82, 2.24) is 30.9 Å². The molecule has 3 amide bonds. The first-order valence-electron chi connectivity index (χ1n) is 28.2. The van der Waals surface area contributed by atoms with Crippen LogP contribution in [0, 0.1) is 19.7 Å². The molecule has 0 unspecified atom stereocenters. The molecule has 0 aliphatic carbocycles. The summed E-state index contributed by atoms with van der Waals surface area (Å²) in [5.41, 5.74) is 8.79. The molecular weight excluding hydrogens is 1280 g/mol. The van der Waals surface area contributed by atoms with E-state index in [2.05, 4.69) is 88.0 Å². The van der Waals surface area contributed by atoms with E-state index in [0.717, 1.165) is 11.4 Å². The number of sulfone groups is 2. The minimum Gasteiger partial charge on any atom is -0.494 e. The Hall–Kier alpha value is -11.0. The summed E-state index contributed by atoms with van der Waals surface area (Å²) in [5.74, 6) is 1.92. The number of rotatable bonds is 17. The van der Waals surface area contributed by atoms with E-state index in [-0.39, 0.29) is 40.7 Å². The topological polar surface area (TPSA) is 292 Å². The van der Waals surface area contributed by atoms with Gasteiger partial charge in [-0.1, -0.05) is 36.4 Å². The Bertz CT molecular complexity index is 4180. The van der Waals surface area contributed by atoms with E-state index in [4.69, 9.17) is 29.2 Å². The molecular formula is C64H63BrN16O9S2. The number of benzene rings is 5. The van der Waals surface area contributed by atoms with Gasteiger partial charge in [0, 0.05) is 106 Å². The van der Waals surface area contributed by atoms with Gasteiger partial charge in [-0.25, -0.2) is 31.4 Å². The van der Waals surface area contributed by atoms with Gasteiger partial charge in [0.15, 0.2) is 19.7 Å². The lowest BCUT2D eigenvalue weighted by Crippen LogP contribution is -2.40. The average molecular weight is 1340 g/mol. The fourth-order valence-electron chi connectivity index (χ4n) is 9.41. The molecule has 472 valence electrons. The molecule has 2 aliphatic heterocycles. The summed E-state index contributed by atoms with van der Waals surface area (Å²) in [6, 6.07) is 37.4. The smallest absolute Gasteiger partial charge is 0.253 e. The van der Waals surface area contributed by atoms with Gasteiger partial charge in [-0.05, 0) is 94.8 Å². The van der Waals surface area contributed by atoms with Crippen LogP contribution in [0.2, 0.25) is 0 Å². The number of nitrogens with one attached hydrogen (secondary N) is 8. The number of ether oxygens (including phenoxy) is 2. The first-order valence-corrected chi connectivity index (χ1v) is 32.6. The standard InChI is InChI=1S/2C25H26N6O4S.C14H11BrN4O/c2*1-26-22-16-28-24(15-21(22)29-19-7-5-4-6-18(19)25(32)27-2)30-20-9-8-17(14-23(20)35-3)31-10-12-36(33,34)13-11-31;1-16-12-8-18-13(15)7-11(12)19-10-6-4-3-5-9(10)14(20)17-2/h2*4-9,14-16H,10-13H2,2-3H3,(H,27,32)(H2,28,29,30);3-8H,2H3,(H,17,20)(H,18,19). The van der Waals surface area contributed by atoms with Crippen molar-refractivity contribution in [3.63, 3.8) is 0 Å². The van der Waals surface area contributed by atoms with Crippen molar-refractivity contribution >= 4 is 139 Å². The molecule has 0 saturated carbocycles. The lowest BCUT2D eigenvalue weighted by Gasteiger charge is -2.29. The molecule has 5 heterocycles. The van der Waals surface area contributed by atoms with E-state index >= 15 is 0 Å². The number of amides is 3. The lowest BCUT2D eigenvalue weighted by atomic mass is 10.1. The molecule has 10 rings (SSSR count). The highest BCUT2D eigenvalue weighted by Gasteiger charge is 2.25. The molecule has 0 bridgehead atoms. The zero-order valence-corrected chi connectivity index (χ0v) is 53.7. The highest BCUT2D eigenvalue weighted by Crippen LogP contribution is 2.39. The molecule has 3 aromatic heterocycles. The lowest BCUT2D eigenvalue weighted by molar-refractivity contribution is 0.0956. The van der Waals surface area contributed by atoms with E-state index in [1.54, 1.807) is 120 Å². The van der Waals surface area contributed by atoms with E-state index in [0.29, 0.717) is 133 Å². The molecule has 28 heteroatoms. The summed E-state index contributed by atoms with van der Waals surface area (Å²) in [7, 11) is 1.87. The van der Waals surface area contributed by atoms with Gasteiger partial charge in [0.05, 0.1) is 102 Å². The predicted molar refractivity (Wildman–Crippen MR) is 363 cm³/mol. The molecule has 92 heavy (non-hydrogen) atoms. The summed E-state index contributed by atoms with van der Waals surface area (Å²) in [6.45, 7) is 23.9. The molecule has 2 saturated heterocycles. The van der Waals surface area contributed by atoms with Crippen LogP contribution in [0.15, 0.2) is 151 Å². The minimum absolute atomic E-state index is 0.130. The van der Waals surface area contributed by atoms with E-state index in [9.17, 15) is 31.2 Å². The number of carbonyl (C=O) groups excluding carboxylic acids is 3. The average Bonchev–Trinajstić information content (AvgIpc) is 0.930. The van der Waals surface area contributed by atoms with Gasteiger partial charge in [-0.2, -0.15) is 0 Å². The molecule has 5 aromatic carbocycles. The summed E-state index contributed by atoms with van der Waals surface area (Å²) in [4.78, 5) is 63.5. The maximum Gasteiger partial charge on any atom is 0.253 e. The predicted octanol–water partition coefficient (Wildman–Crippen LogP) is 10.9. The SMILES string of the molecule is [C-]#[N+]c1cnc(Br)cc1Nc1ccccc1C(=O)NC.[C-]#[N+]c1cnc(Nc2ccc(N3CCS(=O)(=O)CC3)cc2OC)cc1Nc1ccccc1C(=O)NC.[C-]#[N+]c1cnc(Nc2ccc(N3CCS(=O)(=O)CC3)cc2OC)cc1Nc1ccccc1C(=O)NC. The highest BCUT2D eigenvalue weighted by atomic mass is 79.9. The Balaban J connectivity index is 0.000000185. The van der Waals surface area contributed by atoms with Gasteiger partial charge in [0.1, 0.15) is 27.7 Å². The third kappa shape index (κ3) is 17.2. The van der Waals surface area contributed by atoms with Gasteiger partial charge in [-0.3, -0.25) is 29.3 Å². The zero-order chi connectivity index (χ0) is 66.0. The van der Waals surface area contributed by atoms with Crippen LogP contribution >= 0.6 is 15.9 Å². The summed E-state index contributed by atoms with van der Waals surface area (Å²) >= 11 is 3.27. The molecule has 8 N–H and O–H groups in total. The molecule has 8 aromatic rings. The second kappa shape index (κ2) is 31.0. The molecule has 0 spiro atoms. The maximum atomic E-state index is 12.2. The Morgan fingerprint density at radius 1 is 0.446 bits per heavy atom. The van der Waals surface area contributed by atoms with Crippen LogP contribution in [0.3, 0.4) is 0 Å². The first kappa shape index (κ1) is 67.0. The quantitative estimate of drug-likeness (QED) is 0.0310. The van der Waals surface area contributed by atoms with Crippen LogP contribution in [0.5, 0.6) is 11.5 Å². The number of anilines is 12. The van der Waals surface area contributed by atoms with E-state index < -0.39 is 19.7 Å². The van der Waals surface area contributed by atoms with Crippen molar-refractivity contribution in [2.45, 2.75) is 0 Å². The van der Waals surface area contributed by atoms with Crippen LogP contribution < -0.4 is 61.8 Å². The Kier molecular flexibility index (Phi) is 22.5. The molecule has 0 radical (unpaired) electrons. The van der Waals surface area contributed by atoms with E-state index in [1.165, 1.54) is 18.6 Å². The van der Waals surface area contributed by atoms with Crippen molar-refractivity contribution in [3.05, 3.63) is 202 Å². The third-order valence-corrected chi connectivity index (χ3v) is 17.9. The van der Waals surface area contributed by atoms with Crippen molar-refractivity contribution < 1.29 is 40.7 Å². The molecule has 2 aliphatic rings. The number of aromatic nitrogens is 3. The summed E-state index contributed by atoms with van der Waals surface area (Å²) < 4.78 is 58.8. The fourth-order valence-corrected chi connectivity index (χ4v) is 12.1. The highest BCUT2D eigenvalue weighted by molar-refractivity contribution is 9.10. The third-order valence-electron chi connectivity index (χ3n) is 14.3. The Morgan fingerprint density at radius 2 is 0.772 bits per heavy atom.